The number of nitrogens with zero attached hydrogens (tertiary/aromatic N) is 2. The van der Waals surface area contributed by atoms with Crippen LogP contribution in [0.25, 0.3) is 0 Å². The summed E-state index contributed by atoms with van der Waals surface area (Å²) in [5.74, 6) is 0.677. The van der Waals surface area contributed by atoms with Crippen molar-refractivity contribution in [1.82, 2.24) is 15.2 Å². The fraction of sp³-hybridized carbons (Fsp3) is 0.538. The number of rotatable bonds is 5. The Morgan fingerprint density at radius 1 is 1.53 bits per heavy atom. The van der Waals surface area contributed by atoms with E-state index in [0.717, 1.165) is 6.54 Å². The number of likely N-dealkylation sites (N-methyl/N-ethyl adjacent to an activating group) is 2. The molecule has 17 heavy (non-hydrogen) atoms. The molecule has 0 radical (unpaired) electrons. The van der Waals surface area contributed by atoms with Crippen molar-refractivity contribution in [3.05, 3.63) is 29.6 Å². The molecule has 1 aliphatic rings. The monoisotopic (exact) mass is 233 g/mol. The summed E-state index contributed by atoms with van der Waals surface area (Å²) in [6, 6.07) is 3.87. The van der Waals surface area contributed by atoms with E-state index in [1.165, 1.54) is 18.4 Å². The molecule has 0 bridgehead atoms. The molecule has 0 saturated heterocycles. The molecule has 1 amide bonds. The number of carbonyl (C=O) groups is 1. The minimum Gasteiger partial charge on any atom is -0.339 e. The van der Waals surface area contributed by atoms with Crippen molar-refractivity contribution in [1.29, 1.82) is 0 Å². The van der Waals surface area contributed by atoms with Gasteiger partial charge in [-0.3, -0.25) is 9.78 Å². The molecule has 0 aliphatic heterocycles. The molecule has 1 aromatic heterocycles. The Labute approximate surface area is 102 Å². The molecule has 4 heteroatoms. The van der Waals surface area contributed by atoms with Crippen LogP contribution >= 0.6 is 0 Å². The lowest BCUT2D eigenvalue weighted by Gasteiger charge is -2.16. The smallest absolute Gasteiger partial charge is 0.272 e. The lowest BCUT2D eigenvalue weighted by Crippen LogP contribution is -2.33. The topological polar surface area (TPSA) is 45.2 Å². The molecule has 0 spiro atoms. The summed E-state index contributed by atoms with van der Waals surface area (Å²) in [5, 5.41) is 3.02. The quantitative estimate of drug-likeness (QED) is 0.832. The van der Waals surface area contributed by atoms with Gasteiger partial charge < -0.3 is 10.2 Å². The van der Waals surface area contributed by atoms with Crippen molar-refractivity contribution in [2.75, 3.05) is 27.2 Å². The van der Waals surface area contributed by atoms with Crippen LogP contribution in [-0.2, 0) is 0 Å². The molecule has 1 heterocycles. The van der Waals surface area contributed by atoms with E-state index in [-0.39, 0.29) is 5.91 Å². The molecule has 1 N–H and O–H groups in total. The highest BCUT2D eigenvalue weighted by molar-refractivity contribution is 5.92. The van der Waals surface area contributed by atoms with Crippen molar-refractivity contribution in [2.24, 2.45) is 0 Å². The van der Waals surface area contributed by atoms with Crippen LogP contribution in [0.3, 0.4) is 0 Å². The van der Waals surface area contributed by atoms with Crippen LogP contribution in [0.15, 0.2) is 18.3 Å². The zero-order valence-corrected chi connectivity index (χ0v) is 10.4. The first-order chi connectivity index (χ1) is 8.22. The van der Waals surface area contributed by atoms with Crippen molar-refractivity contribution < 1.29 is 4.79 Å². The molecule has 1 fully saturated rings. The summed E-state index contributed by atoms with van der Waals surface area (Å²) < 4.78 is 0. The van der Waals surface area contributed by atoms with Gasteiger partial charge in [-0.15, -0.1) is 0 Å². The van der Waals surface area contributed by atoms with E-state index in [1.54, 1.807) is 11.9 Å². The summed E-state index contributed by atoms with van der Waals surface area (Å²) >= 11 is 0. The first-order valence-corrected chi connectivity index (χ1v) is 6.08. The fourth-order valence-corrected chi connectivity index (χ4v) is 1.77. The zero-order valence-electron chi connectivity index (χ0n) is 10.4. The Hall–Kier alpha value is -1.42. The third kappa shape index (κ3) is 3.03. The van der Waals surface area contributed by atoms with Gasteiger partial charge in [0.25, 0.3) is 5.91 Å². The normalized spacial score (nSPS) is 14.7. The van der Waals surface area contributed by atoms with Gasteiger partial charge in [-0.05, 0) is 37.4 Å². The van der Waals surface area contributed by atoms with Gasteiger partial charge in [-0.25, -0.2) is 0 Å². The van der Waals surface area contributed by atoms with E-state index in [2.05, 4.69) is 10.3 Å². The maximum absolute atomic E-state index is 12.0. The second-order valence-electron chi connectivity index (χ2n) is 4.58. The molecule has 1 aromatic rings. The van der Waals surface area contributed by atoms with Crippen LogP contribution < -0.4 is 5.32 Å². The Morgan fingerprint density at radius 3 is 2.82 bits per heavy atom. The number of hydrogen-bond acceptors (Lipinski definition) is 3. The van der Waals surface area contributed by atoms with E-state index in [9.17, 15) is 4.79 Å². The third-order valence-electron chi connectivity index (χ3n) is 3.10. The van der Waals surface area contributed by atoms with E-state index in [1.807, 2.05) is 25.4 Å². The molecule has 0 aromatic carbocycles. The highest BCUT2D eigenvalue weighted by Crippen LogP contribution is 2.39. The predicted molar refractivity (Wildman–Crippen MR) is 67.1 cm³/mol. The van der Waals surface area contributed by atoms with Gasteiger partial charge in [-0.2, -0.15) is 0 Å². The molecule has 92 valence electrons. The number of hydrogen-bond donors (Lipinski definition) is 1. The first-order valence-electron chi connectivity index (χ1n) is 6.08. The molecule has 1 saturated carbocycles. The maximum atomic E-state index is 12.0. The van der Waals surface area contributed by atoms with Gasteiger partial charge in [-0.1, -0.05) is 6.07 Å². The number of pyridine rings is 1. The van der Waals surface area contributed by atoms with Crippen molar-refractivity contribution in [2.45, 2.75) is 18.8 Å². The maximum Gasteiger partial charge on any atom is 0.272 e. The third-order valence-corrected chi connectivity index (χ3v) is 3.10. The van der Waals surface area contributed by atoms with Gasteiger partial charge >= 0.3 is 0 Å². The average molecular weight is 233 g/mol. The number of carbonyl (C=O) groups excluding carboxylic acids is 1. The second kappa shape index (κ2) is 5.27. The van der Waals surface area contributed by atoms with E-state index < -0.39 is 0 Å². The Kier molecular flexibility index (Phi) is 3.74. The fourth-order valence-electron chi connectivity index (χ4n) is 1.77. The van der Waals surface area contributed by atoms with Crippen LogP contribution in [0.2, 0.25) is 0 Å². The standard InChI is InChI=1S/C13H19N3O/c1-14-7-8-16(2)13(17)12-6-5-11(9-15-12)10-3-4-10/h5-6,9-10,14H,3-4,7-8H2,1-2H3. The molecule has 2 rings (SSSR count). The summed E-state index contributed by atoms with van der Waals surface area (Å²) in [5.41, 5.74) is 1.80. The van der Waals surface area contributed by atoms with Crippen molar-refractivity contribution in [3.63, 3.8) is 0 Å². The summed E-state index contributed by atoms with van der Waals surface area (Å²) in [4.78, 5) is 17.9. The minimum atomic E-state index is -0.0115. The van der Waals surface area contributed by atoms with Crippen LogP contribution in [0.5, 0.6) is 0 Å². The molecule has 1 aliphatic carbocycles. The van der Waals surface area contributed by atoms with Gasteiger partial charge in [0.15, 0.2) is 0 Å². The second-order valence-corrected chi connectivity index (χ2v) is 4.58. The lowest BCUT2D eigenvalue weighted by atomic mass is 10.2. The van der Waals surface area contributed by atoms with Gasteiger partial charge in [0.2, 0.25) is 0 Å². The molecule has 0 atom stereocenters. The SMILES string of the molecule is CNCCN(C)C(=O)c1ccc(C2CC2)cn1. The predicted octanol–water partition coefficient (Wildman–Crippen LogP) is 1.25. The van der Waals surface area contributed by atoms with E-state index in [4.69, 9.17) is 0 Å². The zero-order chi connectivity index (χ0) is 12.3. The molecule has 4 nitrogen and oxygen atoms in total. The van der Waals surface area contributed by atoms with E-state index >= 15 is 0 Å². The number of aromatic nitrogens is 1. The highest BCUT2D eigenvalue weighted by atomic mass is 16.2. The minimum absolute atomic E-state index is 0.0115. The summed E-state index contributed by atoms with van der Waals surface area (Å²) in [6.07, 6.45) is 4.37. The van der Waals surface area contributed by atoms with Crippen LogP contribution in [0.4, 0.5) is 0 Å². The molecular weight excluding hydrogens is 214 g/mol. The van der Waals surface area contributed by atoms with Crippen LogP contribution in [-0.4, -0.2) is 43.0 Å². The Balaban J connectivity index is 1.98. The Bertz CT molecular complexity index is 384. The Morgan fingerprint density at radius 2 is 2.29 bits per heavy atom. The van der Waals surface area contributed by atoms with E-state index in [0.29, 0.717) is 18.2 Å². The van der Waals surface area contributed by atoms with Gasteiger partial charge in [0, 0.05) is 26.3 Å². The van der Waals surface area contributed by atoms with Crippen molar-refractivity contribution >= 4 is 5.91 Å². The van der Waals surface area contributed by atoms with Gasteiger partial charge in [0.05, 0.1) is 0 Å². The van der Waals surface area contributed by atoms with Crippen LogP contribution in [0.1, 0.15) is 34.8 Å². The van der Waals surface area contributed by atoms with Crippen LogP contribution in [0, 0.1) is 0 Å². The summed E-state index contributed by atoms with van der Waals surface area (Å²) in [7, 11) is 3.68. The largest absolute Gasteiger partial charge is 0.339 e. The number of nitrogens with one attached hydrogen (secondary N) is 1. The average Bonchev–Trinajstić information content (AvgIpc) is 3.19. The lowest BCUT2D eigenvalue weighted by molar-refractivity contribution is 0.0791. The van der Waals surface area contributed by atoms with Crippen molar-refractivity contribution in [3.8, 4) is 0 Å². The summed E-state index contributed by atoms with van der Waals surface area (Å²) in [6.45, 7) is 1.49. The first kappa shape index (κ1) is 12.0. The molecule has 0 unspecified atom stereocenters. The number of amides is 1. The molecular formula is C13H19N3O. The van der Waals surface area contributed by atoms with Gasteiger partial charge in [0.1, 0.15) is 5.69 Å². The highest BCUT2D eigenvalue weighted by Gasteiger charge is 2.24.